The first-order chi connectivity index (χ1) is 6.60. The van der Waals surface area contributed by atoms with E-state index in [4.69, 9.17) is 4.74 Å². The first kappa shape index (κ1) is 11.3. The number of pyridine rings is 1. The van der Waals surface area contributed by atoms with E-state index in [1.165, 1.54) is 13.2 Å². The molecule has 0 radical (unpaired) electrons. The van der Waals surface area contributed by atoms with Crippen LogP contribution in [0.2, 0.25) is 0 Å². The topological polar surface area (TPSA) is 39.2 Å². The average molecular weight is 313 g/mol. The Kier molecular flexibility index (Phi) is 3.73. The number of ether oxygens (including phenoxy) is 1. The van der Waals surface area contributed by atoms with Crippen LogP contribution in [0.4, 0.5) is 8.78 Å². The molecule has 3 nitrogen and oxygen atoms in total. The first-order valence-electron chi connectivity index (χ1n) is 3.58. The molecule has 1 aromatic heterocycles. The molecular formula is C8H6F2INO2. The summed E-state index contributed by atoms with van der Waals surface area (Å²) in [5.41, 5.74) is -0.521. The largest absolute Gasteiger partial charge is 0.493 e. The summed E-state index contributed by atoms with van der Waals surface area (Å²) < 4.78 is 30.1. The van der Waals surface area contributed by atoms with Crippen molar-refractivity contribution < 1.29 is 18.3 Å². The molecule has 1 rings (SSSR count). The first-order valence-corrected chi connectivity index (χ1v) is 4.65. The second-order valence-electron chi connectivity index (χ2n) is 2.37. The number of aldehydes is 1. The molecule has 0 aliphatic heterocycles. The van der Waals surface area contributed by atoms with E-state index in [2.05, 4.69) is 4.98 Å². The standard InChI is InChI=1S/C8H6F2INO2/c1-14-7-5(11)2-4(3-13)12-6(7)8(9)10/h2-3,8H,1H3. The molecule has 1 aromatic rings. The lowest BCUT2D eigenvalue weighted by Crippen LogP contribution is -2.02. The number of nitrogens with zero attached hydrogens (tertiary/aromatic N) is 1. The van der Waals surface area contributed by atoms with E-state index < -0.39 is 12.1 Å². The van der Waals surface area contributed by atoms with Crippen LogP contribution in [0.15, 0.2) is 6.07 Å². The van der Waals surface area contributed by atoms with Gasteiger partial charge in [0, 0.05) is 0 Å². The van der Waals surface area contributed by atoms with Gasteiger partial charge in [0.25, 0.3) is 6.43 Å². The van der Waals surface area contributed by atoms with Gasteiger partial charge in [-0.3, -0.25) is 4.79 Å². The lowest BCUT2D eigenvalue weighted by molar-refractivity contribution is 0.111. The van der Waals surface area contributed by atoms with Crippen LogP contribution in [0.3, 0.4) is 0 Å². The van der Waals surface area contributed by atoms with Gasteiger partial charge in [-0.25, -0.2) is 13.8 Å². The van der Waals surface area contributed by atoms with E-state index in [0.29, 0.717) is 9.86 Å². The van der Waals surface area contributed by atoms with Gasteiger partial charge in [-0.05, 0) is 28.7 Å². The van der Waals surface area contributed by atoms with Gasteiger partial charge in [0.1, 0.15) is 11.4 Å². The lowest BCUT2D eigenvalue weighted by atomic mass is 10.3. The van der Waals surface area contributed by atoms with Crippen LogP contribution in [-0.4, -0.2) is 18.4 Å². The Morgan fingerprint density at radius 1 is 1.64 bits per heavy atom. The van der Waals surface area contributed by atoms with Gasteiger partial charge < -0.3 is 4.74 Å². The van der Waals surface area contributed by atoms with Crippen LogP contribution >= 0.6 is 22.6 Å². The van der Waals surface area contributed by atoms with Crippen molar-refractivity contribution in [3.05, 3.63) is 21.0 Å². The number of carbonyl (C=O) groups is 1. The number of carbonyl (C=O) groups excluding carboxylic acids is 1. The average Bonchev–Trinajstić information content (AvgIpc) is 2.16. The molecule has 6 heteroatoms. The number of rotatable bonds is 3. The summed E-state index contributed by atoms with van der Waals surface area (Å²) in [5, 5.41) is 0. The van der Waals surface area contributed by atoms with Crippen LogP contribution in [0.5, 0.6) is 5.75 Å². The Balaban J connectivity index is 3.35. The Morgan fingerprint density at radius 2 is 2.29 bits per heavy atom. The lowest BCUT2D eigenvalue weighted by Gasteiger charge is -2.09. The molecule has 0 saturated heterocycles. The van der Waals surface area contributed by atoms with Gasteiger partial charge in [0.2, 0.25) is 0 Å². The van der Waals surface area contributed by atoms with Gasteiger partial charge in [-0.1, -0.05) is 0 Å². The van der Waals surface area contributed by atoms with Crippen LogP contribution in [0, 0.1) is 3.57 Å². The molecule has 0 aliphatic carbocycles. The fourth-order valence-electron chi connectivity index (χ4n) is 0.950. The third kappa shape index (κ3) is 2.17. The van der Waals surface area contributed by atoms with E-state index in [1.807, 2.05) is 22.6 Å². The highest BCUT2D eigenvalue weighted by Gasteiger charge is 2.19. The van der Waals surface area contributed by atoms with Crippen LogP contribution in [-0.2, 0) is 0 Å². The fraction of sp³-hybridized carbons (Fsp3) is 0.250. The van der Waals surface area contributed by atoms with Gasteiger partial charge >= 0.3 is 0 Å². The second-order valence-corrected chi connectivity index (χ2v) is 3.53. The van der Waals surface area contributed by atoms with Crippen molar-refractivity contribution >= 4 is 28.9 Å². The molecule has 0 bridgehead atoms. The smallest absolute Gasteiger partial charge is 0.284 e. The van der Waals surface area contributed by atoms with Gasteiger partial charge in [0.15, 0.2) is 12.0 Å². The SMILES string of the molecule is COc1c(I)cc(C=O)nc1C(F)F. The Morgan fingerprint density at radius 3 is 2.71 bits per heavy atom. The molecule has 0 aromatic carbocycles. The third-order valence-electron chi connectivity index (χ3n) is 1.51. The number of methoxy groups -OCH3 is 1. The number of halogens is 3. The maximum Gasteiger partial charge on any atom is 0.284 e. The molecule has 14 heavy (non-hydrogen) atoms. The third-order valence-corrected chi connectivity index (χ3v) is 2.31. The van der Waals surface area contributed by atoms with Crippen molar-refractivity contribution in [3.8, 4) is 5.75 Å². The predicted molar refractivity (Wildman–Crippen MR) is 53.9 cm³/mol. The number of aromatic nitrogens is 1. The van der Waals surface area contributed by atoms with Crippen molar-refractivity contribution in [1.82, 2.24) is 4.98 Å². The summed E-state index contributed by atoms with van der Waals surface area (Å²) in [5.74, 6) is 0.0196. The number of hydrogen-bond donors (Lipinski definition) is 0. The molecule has 76 valence electrons. The fourth-order valence-corrected chi connectivity index (χ4v) is 1.77. The monoisotopic (exact) mass is 313 g/mol. The highest BCUT2D eigenvalue weighted by atomic mass is 127. The van der Waals surface area contributed by atoms with Crippen molar-refractivity contribution in [2.24, 2.45) is 0 Å². The van der Waals surface area contributed by atoms with E-state index >= 15 is 0 Å². The Hall–Kier alpha value is -0.790. The normalized spacial score (nSPS) is 10.4. The van der Waals surface area contributed by atoms with Gasteiger partial charge in [-0.15, -0.1) is 0 Å². The highest BCUT2D eigenvalue weighted by molar-refractivity contribution is 14.1. The zero-order valence-corrected chi connectivity index (χ0v) is 9.29. The van der Waals surface area contributed by atoms with Crippen LogP contribution < -0.4 is 4.74 Å². The molecule has 1 heterocycles. The molecule has 0 unspecified atom stereocenters. The maximum atomic E-state index is 12.4. The predicted octanol–water partition coefficient (Wildman–Crippen LogP) is 2.44. The van der Waals surface area contributed by atoms with E-state index in [9.17, 15) is 13.6 Å². The molecule has 0 atom stereocenters. The highest BCUT2D eigenvalue weighted by Crippen LogP contribution is 2.31. The summed E-state index contributed by atoms with van der Waals surface area (Å²) in [6.07, 6.45) is -2.33. The summed E-state index contributed by atoms with van der Waals surface area (Å²) >= 11 is 1.81. The maximum absolute atomic E-state index is 12.4. The molecule has 0 spiro atoms. The Labute approximate surface area is 92.6 Å². The minimum atomic E-state index is -2.75. The number of hydrogen-bond acceptors (Lipinski definition) is 3. The molecular weight excluding hydrogens is 307 g/mol. The molecule has 0 fully saturated rings. The quantitative estimate of drug-likeness (QED) is 0.635. The van der Waals surface area contributed by atoms with Crippen molar-refractivity contribution in [1.29, 1.82) is 0 Å². The van der Waals surface area contributed by atoms with Crippen molar-refractivity contribution in [2.45, 2.75) is 6.43 Å². The molecule has 0 N–H and O–H groups in total. The van der Waals surface area contributed by atoms with Gasteiger partial charge in [0.05, 0.1) is 10.7 Å². The summed E-state index contributed by atoms with van der Waals surface area (Å²) in [4.78, 5) is 13.9. The molecule has 0 amide bonds. The summed E-state index contributed by atoms with van der Waals surface area (Å²) in [6.45, 7) is 0. The van der Waals surface area contributed by atoms with E-state index in [-0.39, 0.29) is 11.4 Å². The van der Waals surface area contributed by atoms with Crippen LogP contribution in [0.25, 0.3) is 0 Å². The second kappa shape index (κ2) is 4.63. The number of alkyl halides is 2. The van der Waals surface area contributed by atoms with E-state index in [0.717, 1.165) is 0 Å². The van der Waals surface area contributed by atoms with Crippen molar-refractivity contribution in [3.63, 3.8) is 0 Å². The minimum absolute atomic E-state index is 0.0196. The molecule has 0 aliphatic rings. The summed E-state index contributed by atoms with van der Waals surface area (Å²) in [7, 11) is 1.28. The van der Waals surface area contributed by atoms with Gasteiger partial charge in [-0.2, -0.15) is 0 Å². The Bertz CT molecular complexity index is 357. The zero-order valence-electron chi connectivity index (χ0n) is 7.13. The summed E-state index contributed by atoms with van der Waals surface area (Å²) in [6, 6.07) is 1.39. The van der Waals surface area contributed by atoms with Crippen LogP contribution in [0.1, 0.15) is 22.6 Å². The molecule has 0 saturated carbocycles. The van der Waals surface area contributed by atoms with E-state index in [1.54, 1.807) is 0 Å². The minimum Gasteiger partial charge on any atom is -0.493 e. The van der Waals surface area contributed by atoms with Crippen molar-refractivity contribution in [2.75, 3.05) is 7.11 Å². The zero-order chi connectivity index (χ0) is 10.7.